The van der Waals surface area contributed by atoms with Gasteiger partial charge in [0, 0.05) is 37.7 Å². The van der Waals surface area contributed by atoms with Gasteiger partial charge in [-0.25, -0.2) is 0 Å². The van der Waals surface area contributed by atoms with Gasteiger partial charge in [-0.2, -0.15) is 0 Å². The van der Waals surface area contributed by atoms with E-state index in [1.165, 1.54) is 26.0 Å². The highest BCUT2D eigenvalue weighted by atomic mass is 32.2. The summed E-state index contributed by atoms with van der Waals surface area (Å²) in [6.07, 6.45) is 0.432. The van der Waals surface area contributed by atoms with Gasteiger partial charge in [0.2, 0.25) is 17.7 Å². The SMILES string of the molecule is CNC(=O)CC1CC(=O)NC(SCC(=O)Nc2ccc(OC)c(OC)c2)N1. The smallest absolute Gasteiger partial charge is 0.234 e. The second-order valence-corrected chi connectivity index (χ2v) is 6.91. The molecule has 1 heterocycles. The zero-order valence-corrected chi connectivity index (χ0v) is 16.3. The lowest BCUT2D eigenvalue weighted by Gasteiger charge is -2.30. The summed E-state index contributed by atoms with van der Waals surface area (Å²) in [6, 6.07) is 4.82. The minimum Gasteiger partial charge on any atom is -0.493 e. The lowest BCUT2D eigenvalue weighted by molar-refractivity contribution is -0.125. The van der Waals surface area contributed by atoms with E-state index in [-0.39, 0.29) is 42.4 Å². The first-order chi connectivity index (χ1) is 12.9. The maximum Gasteiger partial charge on any atom is 0.234 e. The second-order valence-electron chi connectivity index (χ2n) is 5.82. The van der Waals surface area contributed by atoms with Crippen LogP contribution in [-0.4, -0.2) is 56.3 Å². The number of amides is 3. The molecule has 10 heteroatoms. The Morgan fingerprint density at radius 3 is 2.63 bits per heavy atom. The topological polar surface area (TPSA) is 118 Å². The van der Waals surface area contributed by atoms with E-state index in [1.807, 2.05) is 0 Å². The molecule has 1 saturated heterocycles. The summed E-state index contributed by atoms with van der Waals surface area (Å²) in [5, 5.41) is 11.2. The third-order valence-electron chi connectivity index (χ3n) is 3.87. The van der Waals surface area contributed by atoms with E-state index in [1.54, 1.807) is 25.2 Å². The van der Waals surface area contributed by atoms with Crippen LogP contribution in [0.3, 0.4) is 0 Å². The number of nitrogens with one attached hydrogen (secondary N) is 4. The molecule has 3 amide bonds. The number of hydrogen-bond acceptors (Lipinski definition) is 7. The first kappa shape index (κ1) is 20.8. The van der Waals surface area contributed by atoms with Crippen LogP contribution in [0.2, 0.25) is 0 Å². The minimum atomic E-state index is -0.433. The van der Waals surface area contributed by atoms with Gasteiger partial charge in [0.25, 0.3) is 0 Å². The normalized spacial score (nSPS) is 19.0. The molecule has 4 N–H and O–H groups in total. The van der Waals surface area contributed by atoms with Gasteiger partial charge in [-0.05, 0) is 12.1 Å². The van der Waals surface area contributed by atoms with Crippen LogP contribution in [0.25, 0.3) is 0 Å². The molecule has 2 atom stereocenters. The van der Waals surface area contributed by atoms with Crippen molar-refractivity contribution in [2.24, 2.45) is 0 Å². The second kappa shape index (κ2) is 10.0. The van der Waals surface area contributed by atoms with E-state index in [0.717, 1.165) is 0 Å². The van der Waals surface area contributed by atoms with Crippen LogP contribution < -0.4 is 30.7 Å². The number of carbonyl (C=O) groups excluding carboxylic acids is 3. The van der Waals surface area contributed by atoms with Crippen LogP contribution in [0.5, 0.6) is 11.5 Å². The summed E-state index contributed by atoms with van der Waals surface area (Å²) in [4.78, 5) is 35.5. The molecule has 1 fully saturated rings. The van der Waals surface area contributed by atoms with E-state index < -0.39 is 5.50 Å². The molecule has 27 heavy (non-hydrogen) atoms. The molecule has 1 aromatic carbocycles. The maximum atomic E-state index is 12.2. The molecule has 0 saturated carbocycles. The van der Waals surface area contributed by atoms with Crippen molar-refractivity contribution in [1.82, 2.24) is 16.0 Å². The Morgan fingerprint density at radius 2 is 1.96 bits per heavy atom. The van der Waals surface area contributed by atoms with Crippen LogP contribution >= 0.6 is 11.8 Å². The number of carbonyl (C=O) groups is 3. The lowest BCUT2D eigenvalue weighted by atomic mass is 10.1. The van der Waals surface area contributed by atoms with Gasteiger partial charge in [-0.3, -0.25) is 19.7 Å². The van der Waals surface area contributed by atoms with Crippen molar-refractivity contribution in [2.45, 2.75) is 24.4 Å². The number of benzene rings is 1. The molecule has 0 aromatic heterocycles. The summed E-state index contributed by atoms with van der Waals surface area (Å²) in [5.41, 5.74) is 0.147. The Labute approximate surface area is 161 Å². The first-order valence-electron chi connectivity index (χ1n) is 8.34. The van der Waals surface area contributed by atoms with E-state index in [4.69, 9.17) is 9.47 Å². The fourth-order valence-corrected chi connectivity index (χ4v) is 3.45. The highest BCUT2D eigenvalue weighted by Gasteiger charge is 2.27. The van der Waals surface area contributed by atoms with Crippen molar-refractivity contribution < 1.29 is 23.9 Å². The number of thioether (sulfide) groups is 1. The Kier molecular flexibility index (Phi) is 7.74. The number of anilines is 1. The molecule has 0 spiro atoms. The Balaban J connectivity index is 1.85. The summed E-state index contributed by atoms with van der Waals surface area (Å²) >= 11 is 1.24. The Hall–Kier alpha value is -2.46. The minimum absolute atomic E-state index is 0.124. The van der Waals surface area contributed by atoms with Gasteiger partial charge >= 0.3 is 0 Å². The highest BCUT2D eigenvalue weighted by Crippen LogP contribution is 2.29. The van der Waals surface area contributed by atoms with Crippen LogP contribution in [-0.2, 0) is 14.4 Å². The predicted molar refractivity (Wildman–Crippen MR) is 103 cm³/mol. The quantitative estimate of drug-likeness (QED) is 0.498. The fourth-order valence-electron chi connectivity index (χ4n) is 2.56. The van der Waals surface area contributed by atoms with Crippen molar-refractivity contribution in [3.8, 4) is 11.5 Å². The van der Waals surface area contributed by atoms with Gasteiger partial charge < -0.3 is 25.4 Å². The van der Waals surface area contributed by atoms with Crippen molar-refractivity contribution in [1.29, 1.82) is 0 Å². The summed E-state index contributed by atoms with van der Waals surface area (Å²) in [6.45, 7) is 0. The molecule has 0 radical (unpaired) electrons. The standard InChI is InChI=1S/C17H24N4O5S/c1-18-14(22)7-11-8-15(23)21-17(20-11)27-9-16(24)19-10-4-5-12(25-2)13(6-10)26-3/h4-6,11,17,20H,7-9H2,1-3H3,(H,18,22)(H,19,24)(H,21,23). The van der Waals surface area contributed by atoms with E-state index >= 15 is 0 Å². The Morgan fingerprint density at radius 1 is 1.22 bits per heavy atom. The monoisotopic (exact) mass is 396 g/mol. The molecular weight excluding hydrogens is 372 g/mol. The van der Waals surface area contributed by atoms with E-state index in [2.05, 4.69) is 21.3 Å². The van der Waals surface area contributed by atoms with Gasteiger partial charge in [0.05, 0.1) is 20.0 Å². The largest absolute Gasteiger partial charge is 0.493 e. The molecule has 0 bridgehead atoms. The molecule has 2 rings (SSSR count). The number of ether oxygens (including phenoxy) is 2. The summed E-state index contributed by atoms with van der Waals surface area (Å²) < 4.78 is 10.4. The van der Waals surface area contributed by atoms with Crippen LogP contribution in [0.1, 0.15) is 12.8 Å². The molecule has 148 valence electrons. The molecule has 1 aliphatic heterocycles. The molecule has 1 aliphatic rings. The molecule has 0 aliphatic carbocycles. The highest BCUT2D eigenvalue weighted by molar-refractivity contribution is 8.00. The maximum absolute atomic E-state index is 12.2. The van der Waals surface area contributed by atoms with Crippen LogP contribution in [0, 0.1) is 0 Å². The zero-order chi connectivity index (χ0) is 19.8. The third-order valence-corrected chi connectivity index (χ3v) is 4.89. The number of methoxy groups -OCH3 is 2. The van der Waals surface area contributed by atoms with Gasteiger partial charge in [0.15, 0.2) is 11.5 Å². The van der Waals surface area contributed by atoms with Gasteiger partial charge in [-0.15, -0.1) is 11.8 Å². The Bertz CT molecular complexity index is 700. The van der Waals surface area contributed by atoms with Crippen molar-refractivity contribution >= 4 is 35.2 Å². The van der Waals surface area contributed by atoms with E-state index in [0.29, 0.717) is 17.2 Å². The van der Waals surface area contributed by atoms with Crippen LogP contribution in [0.15, 0.2) is 18.2 Å². The molecule has 2 unspecified atom stereocenters. The van der Waals surface area contributed by atoms with Crippen molar-refractivity contribution in [2.75, 3.05) is 32.3 Å². The molecule has 9 nitrogen and oxygen atoms in total. The average molecular weight is 396 g/mol. The van der Waals surface area contributed by atoms with Gasteiger partial charge in [0.1, 0.15) is 5.50 Å². The van der Waals surface area contributed by atoms with Crippen molar-refractivity contribution in [3.05, 3.63) is 18.2 Å². The summed E-state index contributed by atoms with van der Waals surface area (Å²) in [5.74, 6) is 0.690. The van der Waals surface area contributed by atoms with E-state index in [9.17, 15) is 14.4 Å². The third kappa shape index (κ3) is 6.33. The molecular formula is C17H24N4O5S. The van der Waals surface area contributed by atoms with Gasteiger partial charge in [-0.1, -0.05) is 0 Å². The van der Waals surface area contributed by atoms with Crippen LogP contribution in [0.4, 0.5) is 5.69 Å². The fraction of sp³-hybridized carbons (Fsp3) is 0.471. The average Bonchev–Trinajstić information content (AvgIpc) is 2.65. The van der Waals surface area contributed by atoms with Crippen molar-refractivity contribution in [3.63, 3.8) is 0 Å². The molecule has 1 aromatic rings. The summed E-state index contributed by atoms with van der Waals surface area (Å²) in [7, 11) is 4.61. The lowest BCUT2D eigenvalue weighted by Crippen LogP contribution is -2.55. The predicted octanol–water partition coefficient (Wildman–Crippen LogP) is 0.273. The zero-order valence-electron chi connectivity index (χ0n) is 15.5. The number of hydrogen-bond donors (Lipinski definition) is 4. The first-order valence-corrected chi connectivity index (χ1v) is 9.39. The number of rotatable bonds is 8.